The number of halogens is 1. The number of rotatable bonds is 1. The zero-order valence-corrected chi connectivity index (χ0v) is 8.38. The summed E-state index contributed by atoms with van der Waals surface area (Å²) in [5, 5.41) is 1.46. The van der Waals surface area contributed by atoms with Crippen molar-refractivity contribution in [2.75, 3.05) is 0 Å². The van der Waals surface area contributed by atoms with E-state index < -0.39 is 0 Å². The number of aldehydes is 1. The number of benzene rings is 1. The molecule has 70 valence electrons. The average Bonchev–Trinajstić information content (AvgIpc) is 2.23. The van der Waals surface area contributed by atoms with Gasteiger partial charge < -0.3 is 0 Å². The first kappa shape index (κ1) is 9.16. The van der Waals surface area contributed by atoms with Crippen LogP contribution >= 0.6 is 11.6 Å². The number of aryl methyl sites for hydroxylation is 1. The molecule has 0 N–H and O–H groups in total. The van der Waals surface area contributed by atoms with Crippen molar-refractivity contribution >= 4 is 28.8 Å². The lowest BCUT2D eigenvalue weighted by atomic mass is 10.1. The first-order valence-corrected chi connectivity index (χ1v) is 4.60. The molecule has 0 saturated heterocycles. The van der Waals surface area contributed by atoms with Crippen molar-refractivity contribution in [3.05, 3.63) is 40.5 Å². The summed E-state index contributed by atoms with van der Waals surface area (Å²) in [6.07, 6.45) is 2.32. The third-order valence-electron chi connectivity index (χ3n) is 2.16. The highest BCUT2D eigenvalue weighted by Crippen LogP contribution is 2.24. The first-order chi connectivity index (χ1) is 6.72. The number of carbonyl (C=O) groups excluding carboxylic acids is 1. The van der Waals surface area contributed by atoms with Gasteiger partial charge in [-0.05, 0) is 24.6 Å². The summed E-state index contributed by atoms with van der Waals surface area (Å²) in [4.78, 5) is 14.8. The predicted octanol–water partition coefficient (Wildman–Crippen LogP) is 3.01. The highest BCUT2D eigenvalue weighted by molar-refractivity contribution is 6.35. The van der Waals surface area contributed by atoms with Gasteiger partial charge in [0.1, 0.15) is 0 Å². The zero-order chi connectivity index (χ0) is 10.1. The number of carbonyl (C=O) groups is 1. The SMILES string of the molecule is Cc1ccc(Cl)c2cc(C=O)cnc12. The largest absolute Gasteiger partial charge is 0.298 e. The Balaban J connectivity index is 2.86. The molecule has 0 saturated carbocycles. The number of pyridine rings is 1. The first-order valence-electron chi connectivity index (χ1n) is 4.22. The van der Waals surface area contributed by atoms with E-state index in [-0.39, 0.29) is 0 Å². The summed E-state index contributed by atoms with van der Waals surface area (Å²) in [5.74, 6) is 0. The van der Waals surface area contributed by atoms with Crippen LogP contribution in [0, 0.1) is 6.92 Å². The molecule has 2 aromatic rings. The van der Waals surface area contributed by atoms with Crippen LogP contribution < -0.4 is 0 Å². The van der Waals surface area contributed by atoms with Crippen LogP contribution in [-0.2, 0) is 0 Å². The molecule has 14 heavy (non-hydrogen) atoms. The van der Waals surface area contributed by atoms with Crippen LogP contribution in [-0.4, -0.2) is 11.3 Å². The smallest absolute Gasteiger partial charge is 0.151 e. The Bertz CT molecular complexity index is 508. The molecule has 0 radical (unpaired) electrons. The normalized spacial score (nSPS) is 10.4. The van der Waals surface area contributed by atoms with Gasteiger partial charge in [0.05, 0.1) is 10.5 Å². The zero-order valence-electron chi connectivity index (χ0n) is 7.62. The van der Waals surface area contributed by atoms with Crippen LogP contribution in [0.2, 0.25) is 5.02 Å². The topological polar surface area (TPSA) is 30.0 Å². The van der Waals surface area contributed by atoms with Gasteiger partial charge in [-0.2, -0.15) is 0 Å². The summed E-state index contributed by atoms with van der Waals surface area (Å²) < 4.78 is 0. The summed E-state index contributed by atoms with van der Waals surface area (Å²) in [6, 6.07) is 5.48. The lowest BCUT2D eigenvalue weighted by Gasteiger charge is -2.03. The van der Waals surface area contributed by atoms with E-state index in [0.717, 1.165) is 22.8 Å². The Kier molecular flexibility index (Phi) is 2.22. The molecule has 0 atom stereocenters. The van der Waals surface area contributed by atoms with Crippen molar-refractivity contribution in [1.29, 1.82) is 0 Å². The van der Waals surface area contributed by atoms with Crippen molar-refractivity contribution in [3.8, 4) is 0 Å². The van der Waals surface area contributed by atoms with Gasteiger partial charge in [0.25, 0.3) is 0 Å². The maximum atomic E-state index is 10.6. The lowest BCUT2D eigenvalue weighted by molar-refractivity contribution is 0.112. The fraction of sp³-hybridized carbons (Fsp3) is 0.0909. The number of hydrogen-bond acceptors (Lipinski definition) is 2. The predicted molar refractivity (Wildman–Crippen MR) is 56.9 cm³/mol. The van der Waals surface area contributed by atoms with Crippen molar-refractivity contribution in [2.45, 2.75) is 6.92 Å². The molecule has 0 aliphatic rings. The molecule has 2 nitrogen and oxygen atoms in total. The Labute approximate surface area is 86.5 Å². The minimum absolute atomic E-state index is 0.546. The fourth-order valence-corrected chi connectivity index (χ4v) is 1.62. The maximum Gasteiger partial charge on any atom is 0.151 e. The third kappa shape index (κ3) is 1.38. The fourth-order valence-electron chi connectivity index (χ4n) is 1.41. The second-order valence-corrected chi connectivity index (χ2v) is 3.55. The molecule has 0 aliphatic heterocycles. The molecule has 1 aromatic heterocycles. The third-order valence-corrected chi connectivity index (χ3v) is 2.49. The Morgan fingerprint density at radius 2 is 2.21 bits per heavy atom. The molecule has 0 amide bonds. The van der Waals surface area contributed by atoms with Crippen LogP contribution in [0.1, 0.15) is 15.9 Å². The quantitative estimate of drug-likeness (QED) is 0.670. The van der Waals surface area contributed by atoms with Gasteiger partial charge in [0, 0.05) is 17.1 Å². The van der Waals surface area contributed by atoms with Crippen molar-refractivity contribution in [2.24, 2.45) is 0 Å². The molecular weight excluding hydrogens is 198 g/mol. The van der Waals surface area contributed by atoms with E-state index in [4.69, 9.17) is 11.6 Å². The maximum absolute atomic E-state index is 10.6. The second kappa shape index (κ2) is 3.39. The summed E-state index contributed by atoms with van der Waals surface area (Å²) in [6.45, 7) is 1.96. The molecule has 0 fully saturated rings. The molecule has 3 heteroatoms. The van der Waals surface area contributed by atoms with Crippen molar-refractivity contribution in [1.82, 2.24) is 4.98 Å². The van der Waals surface area contributed by atoms with Gasteiger partial charge in [-0.15, -0.1) is 0 Å². The minimum atomic E-state index is 0.546. The Hall–Kier alpha value is -1.41. The Morgan fingerprint density at radius 1 is 1.43 bits per heavy atom. The van der Waals surface area contributed by atoms with Crippen molar-refractivity contribution in [3.63, 3.8) is 0 Å². The van der Waals surface area contributed by atoms with E-state index in [1.54, 1.807) is 12.3 Å². The van der Waals surface area contributed by atoms with E-state index in [9.17, 15) is 4.79 Å². The molecule has 0 aliphatic carbocycles. The minimum Gasteiger partial charge on any atom is -0.298 e. The van der Waals surface area contributed by atoms with Crippen LogP contribution in [0.4, 0.5) is 0 Å². The monoisotopic (exact) mass is 205 g/mol. The molecule has 0 spiro atoms. The van der Waals surface area contributed by atoms with Gasteiger partial charge in [-0.3, -0.25) is 9.78 Å². The van der Waals surface area contributed by atoms with Crippen LogP contribution in [0.3, 0.4) is 0 Å². The van der Waals surface area contributed by atoms with E-state index in [1.807, 2.05) is 19.1 Å². The van der Waals surface area contributed by atoms with Crippen LogP contribution in [0.25, 0.3) is 10.9 Å². The van der Waals surface area contributed by atoms with Gasteiger partial charge in [-0.25, -0.2) is 0 Å². The lowest BCUT2D eigenvalue weighted by Crippen LogP contribution is -1.87. The van der Waals surface area contributed by atoms with E-state index >= 15 is 0 Å². The number of fused-ring (bicyclic) bond motifs is 1. The van der Waals surface area contributed by atoms with E-state index in [2.05, 4.69) is 4.98 Å². The second-order valence-electron chi connectivity index (χ2n) is 3.15. The molecular formula is C11H8ClNO. The number of hydrogen-bond donors (Lipinski definition) is 0. The summed E-state index contributed by atoms with van der Waals surface area (Å²) in [7, 11) is 0. The van der Waals surface area contributed by atoms with Gasteiger partial charge >= 0.3 is 0 Å². The molecule has 1 heterocycles. The highest BCUT2D eigenvalue weighted by atomic mass is 35.5. The average molecular weight is 206 g/mol. The van der Waals surface area contributed by atoms with Gasteiger partial charge in [0.2, 0.25) is 0 Å². The van der Waals surface area contributed by atoms with Gasteiger partial charge in [0.15, 0.2) is 6.29 Å². The number of nitrogens with zero attached hydrogens (tertiary/aromatic N) is 1. The van der Waals surface area contributed by atoms with E-state index in [1.165, 1.54) is 0 Å². The molecule has 0 bridgehead atoms. The van der Waals surface area contributed by atoms with Crippen LogP contribution in [0.15, 0.2) is 24.4 Å². The number of aromatic nitrogens is 1. The van der Waals surface area contributed by atoms with E-state index in [0.29, 0.717) is 10.6 Å². The van der Waals surface area contributed by atoms with Crippen LogP contribution in [0.5, 0.6) is 0 Å². The highest BCUT2D eigenvalue weighted by Gasteiger charge is 2.03. The Morgan fingerprint density at radius 3 is 2.93 bits per heavy atom. The summed E-state index contributed by atoms with van der Waals surface area (Å²) in [5.41, 5.74) is 2.45. The van der Waals surface area contributed by atoms with Gasteiger partial charge in [-0.1, -0.05) is 17.7 Å². The standard InChI is InChI=1S/C11H8ClNO/c1-7-2-3-10(12)9-4-8(6-14)5-13-11(7)9/h2-6H,1H3. The molecule has 2 rings (SSSR count). The molecule has 0 unspecified atom stereocenters. The molecule has 1 aromatic carbocycles. The van der Waals surface area contributed by atoms with Crippen molar-refractivity contribution < 1.29 is 4.79 Å². The summed E-state index contributed by atoms with van der Waals surface area (Å²) >= 11 is 6.00.